The third kappa shape index (κ3) is 2.85. The maximum atomic E-state index is 13.0. The summed E-state index contributed by atoms with van der Waals surface area (Å²) in [5.41, 5.74) is 6.55. The van der Waals surface area contributed by atoms with E-state index in [0.29, 0.717) is 17.6 Å². The number of nitrogens with one attached hydrogen (secondary N) is 1. The van der Waals surface area contributed by atoms with Gasteiger partial charge < -0.3 is 15.4 Å². The van der Waals surface area contributed by atoms with E-state index in [0.717, 1.165) is 5.52 Å². The lowest BCUT2D eigenvalue weighted by molar-refractivity contribution is -0.121. The molecule has 0 spiro atoms. The van der Waals surface area contributed by atoms with Crippen molar-refractivity contribution in [3.05, 3.63) is 54.5 Å². The first kappa shape index (κ1) is 16.1. The first-order valence-electron chi connectivity index (χ1n) is 8.23. The van der Waals surface area contributed by atoms with Crippen molar-refractivity contribution >= 4 is 22.7 Å². The van der Waals surface area contributed by atoms with Crippen LogP contribution in [0.15, 0.2) is 48.8 Å². The number of nitrogens with zero attached hydrogens (tertiary/aromatic N) is 3. The first-order chi connectivity index (χ1) is 12.6. The zero-order valence-electron chi connectivity index (χ0n) is 13.8. The van der Waals surface area contributed by atoms with E-state index in [1.165, 1.54) is 4.90 Å². The van der Waals surface area contributed by atoms with E-state index < -0.39 is 11.9 Å². The van der Waals surface area contributed by atoms with Crippen LogP contribution in [-0.2, 0) is 4.79 Å². The van der Waals surface area contributed by atoms with Gasteiger partial charge in [0.2, 0.25) is 5.91 Å². The number of hydrogen-bond donors (Lipinski definition) is 2. The van der Waals surface area contributed by atoms with Crippen molar-refractivity contribution in [1.29, 1.82) is 0 Å². The lowest BCUT2D eigenvalue weighted by Crippen LogP contribution is -2.44. The molecule has 3 heterocycles. The summed E-state index contributed by atoms with van der Waals surface area (Å²) in [4.78, 5) is 30.3. The van der Waals surface area contributed by atoms with Gasteiger partial charge in [0, 0.05) is 18.0 Å². The molecule has 2 aromatic heterocycles. The fourth-order valence-electron chi connectivity index (χ4n) is 3.25. The molecule has 1 saturated heterocycles. The van der Waals surface area contributed by atoms with Crippen LogP contribution in [-0.4, -0.2) is 50.6 Å². The smallest absolute Gasteiger partial charge is 0.275 e. The number of benzene rings is 1. The van der Waals surface area contributed by atoms with E-state index in [1.54, 1.807) is 24.5 Å². The number of para-hydroxylation sites is 1. The van der Waals surface area contributed by atoms with Gasteiger partial charge in [0.1, 0.15) is 17.9 Å². The normalized spacial score (nSPS) is 19.6. The van der Waals surface area contributed by atoms with Crippen molar-refractivity contribution in [2.45, 2.75) is 18.6 Å². The molecular weight excluding hydrogens is 334 g/mol. The minimum absolute atomic E-state index is 0.253. The number of rotatable bonds is 4. The van der Waals surface area contributed by atoms with Gasteiger partial charge in [-0.3, -0.25) is 19.7 Å². The quantitative estimate of drug-likeness (QED) is 0.731. The Morgan fingerprint density at radius 1 is 1.23 bits per heavy atom. The number of amides is 2. The predicted octanol–water partition coefficient (Wildman–Crippen LogP) is 1.11. The summed E-state index contributed by atoms with van der Waals surface area (Å²) in [7, 11) is 0. The van der Waals surface area contributed by atoms with Crippen LogP contribution in [0.1, 0.15) is 16.9 Å². The zero-order valence-corrected chi connectivity index (χ0v) is 13.8. The monoisotopic (exact) mass is 351 g/mol. The number of carbonyl (C=O) groups excluding carboxylic acids is 2. The molecule has 0 radical (unpaired) electrons. The molecule has 8 nitrogen and oxygen atoms in total. The summed E-state index contributed by atoms with van der Waals surface area (Å²) in [6, 6.07) is 10.1. The summed E-state index contributed by atoms with van der Waals surface area (Å²) in [6.07, 6.45) is 3.22. The standard InChI is InChI=1S/C18H17N5O3/c19-17(24)15-8-12(26-11-4-3-7-20-9-11)10-23(15)18(25)16-13-5-1-2-6-14(13)21-22-16/h1-7,9,12,15H,8,10H2,(H2,19,24)(H,21,22)/t12-,15-/m0/s1. The molecule has 0 bridgehead atoms. The van der Waals surface area contributed by atoms with Crippen molar-refractivity contribution in [1.82, 2.24) is 20.1 Å². The molecule has 1 aliphatic rings. The molecule has 3 N–H and O–H groups in total. The Labute approximate surface area is 149 Å². The number of ether oxygens (including phenoxy) is 1. The Morgan fingerprint density at radius 2 is 2.08 bits per heavy atom. The Kier molecular flexibility index (Phi) is 4.00. The molecule has 26 heavy (non-hydrogen) atoms. The second kappa shape index (κ2) is 6.47. The second-order valence-electron chi connectivity index (χ2n) is 6.16. The van der Waals surface area contributed by atoms with Gasteiger partial charge >= 0.3 is 0 Å². The lowest BCUT2D eigenvalue weighted by Gasteiger charge is -2.20. The molecule has 8 heteroatoms. The van der Waals surface area contributed by atoms with E-state index in [-0.39, 0.29) is 24.2 Å². The highest BCUT2D eigenvalue weighted by Crippen LogP contribution is 2.26. The summed E-state index contributed by atoms with van der Waals surface area (Å²) in [6.45, 7) is 0.253. The number of carbonyl (C=O) groups is 2. The molecule has 1 aliphatic heterocycles. The Balaban J connectivity index is 1.59. The Bertz CT molecular complexity index is 956. The van der Waals surface area contributed by atoms with Crippen LogP contribution >= 0.6 is 0 Å². The Hall–Kier alpha value is -3.42. The summed E-state index contributed by atoms with van der Waals surface area (Å²) in [5, 5.41) is 7.66. The van der Waals surface area contributed by atoms with E-state index >= 15 is 0 Å². The number of pyridine rings is 1. The molecule has 2 atom stereocenters. The van der Waals surface area contributed by atoms with Crippen LogP contribution in [0, 0.1) is 0 Å². The molecule has 4 rings (SSSR count). The molecular formula is C18H17N5O3. The number of fused-ring (bicyclic) bond motifs is 1. The van der Waals surface area contributed by atoms with Crippen molar-refractivity contribution in [3.63, 3.8) is 0 Å². The van der Waals surface area contributed by atoms with Crippen LogP contribution in [0.2, 0.25) is 0 Å². The molecule has 3 aromatic rings. The van der Waals surface area contributed by atoms with E-state index in [2.05, 4.69) is 15.2 Å². The molecule has 1 aromatic carbocycles. The molecule has 0 unspecified atom stereocenters. The summed E-state index contributed by atoms with van der Waals surface area (Å²) in [5.74, 6) is -0.320. The Morgan fingerprint density at radius 3 is 2.85 bits per heavy atom. The maximum Gasteiger partial charge on any atom is 0.275 e. The van der Waals surface area contributed by atoms with Gasteiger partial charge in [0.15, 0.2) is 5.69 Å². The minimum Gasteiger partial charge on any atom is -0.487 e. The van der Waals surface area contributed by atoms with E-state index in [1.807, 2.05) is 24.3 Å². The summed E-state index contributed by atoms with van der Waals surface area (Å²) >= 11 is 0. The van der Waals surface area contributed by atoms with Gasteiger partial charge in [-0.05, 0) is 18.2 Å². The molecule has 2 amide bonds. The fraction of sp³-hybridized carbons (Fsp3) is 0.222. The van der Waals surface area contributed by atoms with Crippen LogP contribution in [0.4, 0.5) is 0 Å². The SMILES string of the molecule is NC(=O)[C@@H]1C[C@H](Oc2cccnc2)CN1C(=O)c1n[nH]c2ccccc12. The zero-order chi connectivity index (χ0) is 18.1. The number of aromatic amines is 1. The van der Waals surface area contributed by atoms with Gasteiger partial charge in [-0.25, -0.2) is 0 Å². The van der Waals surface area contributed by atoms with Gasteiger partial charge in [-0.2, -0.15) is 5.10 Å². The topological polar surface area (TPSA) is 114 Å². The van der Waals surface area contributed by atoms with Gasteiger partial charge in [0.05, 0.1) is 18.3 Å². The minimum atomic E-state index is -0.736. The van der Waals surface area contributed by atoms with Crippen molar-refractivity contribution < 1.29 is 14.3 Å². The number of nitrogens with two attached hydrogens (primary N) is 1. The maximum absolute atomic E-state index is 13.0. The van der Waals surface area contributed by atoms with E-state index in [4.69, 9.17) is 10.5 Å². The molecule has 132 valence electrons. The lowest BCUT2D eigenvalue weighted by atomic mass is 10.1. The predicted molar refractivity (Wildman–Crippen MR) is 93.4 cm³/mol. The highest BCUT2D eigenvalue weighted by Gasteiger charge is 2.41. The van der Waals surface area contributed by atoms with Gasteiger partial charge in [0.25, 0.3) is 5.91 Å². The average Bonchev–Trinajstić information content (AvgIpc) is 3.26. The largest absolute Gasteiger partial charge is 0.487 e. The average molecular weight is 351 g/mol. The highest BCUT2D eigenvalue weighted by molar-refractivity contribution is 6.06. The highest BCUT2D eigenvalue weighted by atomic mass is 16.5. The van der Waals surface area contributed by atoms with Crippen LogP contribution in [0.25, 0.3) is 10.9 Å². The number of primary amides is 1. The third-order valence-corrected chi connectivity index (χ3v) is 4.46. The first-order valence-corrected chi connectivity index (χ1v) is 8.23. The molecule has 0 saturated carbocycles. The molecule has 0 aliphatic carbocycles. The van der Waals surface area contributed by atoms with Crippen molar-refractivity contribution in [2.24, 2.45) is 5.73 Å². The number of aromatic nitrogens is 3. The van der Waals surface area contributed by atoms with E-state index in [9.17, 15) is 9.59 Å². The molecule has 1 fully saturated rings. The van der Waals surface area contributed by atoms with Gasteiger partial charge in [-0.15, -0.1) is 0 Å². The van der Waals surface area contributed by atoms with Crippen LogP contribution in [0.5, 0.6) is 5.75 Å². The fourth-order valence-corrected chi connectivity index (χ4v) is 3.25. The van der Waals surface area contributed by atoms with Crippen LogP contribution in [0.3, 0.4) is 0 Å². The van der Waals surface area contributed by atoms with Crippen LogP contribution < -0.4 is 10.5 Å². The third-order valence-electron chi connectivity index (χ3n) is 4.46. The number of H-pyrrole nitrogens is 1. The number of hydrogen-bond acceptors (Lipinski definition) is 5. The van der Waals surface area contributed by atoms with Crippen molar-refractivity contribution in [2.75, 3.05) is 6.54 Å². The van der Waals surface area contributed by atoms with Gasteiger partial charge in [-0.1, -0.05) is 18.2 Å². The van der Waals surface area contributed by atoms with Crippen molar-refractivity contribution in [3.8, 4) is 5.75 Å². The number of likely N-dealkylation sites (tertiary alicyclic amines) is 1. The summed E-state index contributed by atoms with van der Waals surface area (Å²) < 4.78 is 5.85. The second-order valence-corrected chi connectivity index (χ2v) is 6.16.